The van der Waals surface area contributed by atoms with Gasteiger partial charge in [-0.2, -0.15) is 18.2 Å². The quantitative estimate of drug-likeness (QED) is 0.663. The highest BCUT2D eigenvalue weighted by Crippen LogP contribution is 2.36. The highest BCUT2D eigenvalue weighted by molar-refractivity contribution is 6.07. The molecule has 3 heterocycles. The molecular formula is C20H24F3N5O. The van der Waals surface area contributed by atoms with Gasteiger partial charge in [-0.3, -0.25) is 4.90 Å². The molecule has 3 aromatic rings. The number of halogens is 3. The van der Waals surface area contributed by atoms with Crippen LogP contribution in [-0.4, -0.2) is 70.8 Å². The van der Waals surface area contributed by atoms with E-state index in [4.69, 9.17) is 4.74 Å². The lowest BCUT2D eigenvalue weighted by atomic mass is 10.0. The molecule has 6 nitrogen and oxygen atoms in total. The maximum atomic E-state index is 13.3. The van der Waals surface area contributed by atoms with E-state index in [1.807, 2.05) is 12.1 Å². The van der Waals surface area contributed by atoms with Gasteiger partial charge in [-0.1, -0.05) is 6.07 Å². The first-order valence-corrected chi connectivity index (χ1v) is 9.58. The van der Waals surface area contributed by atoms with Crippen molar-refractivity contribution in [3.8, 4) is 5.88 Å². The minimum atomic E-state index is -4.37. The SMILES string of the molecule is COc1ncnc2c3cc(C(C)N4CCN(C)CC4)ccc3n(CC(F)(F)F)c12. The van der Waals surface area contributed by atoms with Crippen molar-refractivity contribution in [3.63, 3.8) is 0 Å². The zero-order valence-corrected chi connectivity index (χ0v) is 16.7. The van der Waals surface area contributed by atoms with Crippen LogP contribution < -0.4 is 4.74 Å². The first kappa shape index (κ1) is 19.9. The smallest absolute Gasteiger partial charge is 0.406 e. The normalized spacial score (nSPS) is 17.9. The third-order valence-electron chi connectivity index (χ3n) is 5.72. The second kappa shape index (κ2) is 7.46. The number of likely N-dealkylation sites (N-methyl/N-ethyl adjacent to an activating group) is 1. The minimum Gasteiger partial charge on any atom is -0.479 e. The molecule has 1 aliphatic rings. The van der Waals surface area contributed by atoms with E-state index < -0.39 is 12.7 Å². The number of hydrogen-bond acceptors (Lipinski definition) is 5. The summed E-state index contributed by atoms with van der Waals surface area (Å²) in [5, 5.41) is 0.684. The Labute approximate surface area is 166 Å². The van der Waals surface area contributed by atoms with Gasteiger partial charge in [0.2, 0.25) is 5.88 Å². The molecular weight excluding hydrogens is 383 g/mol. The van der Waals surface area contributed by atoms with Crippen LogP contribution in [0.25, 0.3) is 21.9 Å². The minimum absolute atomic E-state index is 0.143. The summed E-state index contributed by atoms with van der Waals surface area (Å²) < 4.78 is 46.3. The average molecular weight is 407 g/mol. The van der Waals surface area contributed by atoms with Gasteiger partial charge in [0.1, 0.15) is 23.9 Å². The molecule has 1 aromatic carbocycles. The molecule has 0 N–H and O–H groups in total. The predicted molar refractivity (Wildman–Crippen MR) is 105 cm³/mol. The van der Waals surface area contributed by atoms with Crippen molar-refractivity contribution < 1.29 is 17.9 Å². The van der Waals surface area contributed by atoms with Gasteiger partial charge in [0.15, 0.2) is 0 Å². The van der Waals surface area contributed by atoms with Crippen molar-refractivity contribution in [1.29, 1.82) is 0 Å². The summed E-state index contributed by atoms with van der Waals surface area (Å²) >= 11 is 0. The fraction of sp³-hybridized carbons (Fsp3) is 0.500. The zero-order valence-electron chi connectivity index (χ0n) is 16.7. The number of ether oxygens (including phenoxy) is 1. The monoisotopic (exact) mass is 407 g/mol. The topological polar surface area (TPSA) is 46.4 Å². The average Bonchev–Trinajstić information content (AvgIpc) is 3.00. The summed E-state index contributed by atoms with van der Waals surface area (Å²) in [7, 11) is 3.51. The number of fused-ring (bicyclic) bond motifs is 3. The molecule has 1 fully saturated rings. The molecule has 1 unspecified atom stereocenters. The van der Waals surface area contributed by atoms with Crippen molar-refractivity contribution in [1.82, 2.24) is 24.3 Å². The largest absolute Gasteiger partial charge is 0.479 e. The van der Waals surface area contributed by atoms with E-state index in [1.165, 1.54) is 18.0 Å². The maximum absolute atomic E-state index is 13.3. The molecule has 2 aromatic heterocycles. The van der Waals surface area contributed by atoms with Crippen LogP contribution in [0.4, 0.5) is 13.2 Å². The highest BCUT2D eigenvalue weighted by atomic mass is 19.4. The molecule has 29 heavy (non-hydrogen) atoms. The van der Waals surface area contributed by atoms with E-state index in [0.29, 0.717) is 16.4 Å². The van der Waals surface area contributed by atoms with E-state index in [9.17, 15) is 13.2 Å². The fourth-order valence-electron chi connectivity index (χ4n) is 4.07. The molecule has 0 spiro atoms. The van der Waals surface area contributed by atoms with E-state index in [2.05, 4.69) is 33.7 Å². The van der Waals surface area contributed by atoms with Gasteiger partial charge in [-0.25, -0.2) is 4.98 Å². The van der Waals surface area contributed by atoms with Gasteiger partial charge in [0, 0.05) is 37.6 Å². The summed E-state index contributed by atoms with van der Waals surface area (Å²) in [6, 6.07) is 5.79. The second-order valence-electron chi connectivity index (χ2n) is 7.57. The summed E-state index contributed by atoms with van der Waals surface area (Å²) in [5.41, 5.74) is 2.28. The molecule has 9 heteroatoms. The Bertz CT molecular complexity index is 1020. The second-order valence-corrected chi connectivity index (χ2v) is 7.57. The van der Waals surface area contributed by atoms with E-state index in [0.717, 1.165) is 31.7 Å². The molecule has 1 saturated heterocycles. The number of aromatic nitrogens is 3. The number of nitrogens with zero attached hydrogens (tertiary/aromatic N) is 5. The number of piperazine rings is 1. The number of rotatable bonds is 4. The Morgan fingerprint density at radius 2 is 1.86 bits per heavy atom. The van der Waals surface area contributed by atoms with E-state index in [1.54, 1.807) is 6.07 Å². The molecule has 0 aliphatic carbocycles. The van der Waals surface area contributed by atoms with Crippen LogP contribution in [0.3, 0.4) is 0 Å². The Balaban J connectivity index is 1.83. The van der Waals surface area contributed by atoms with Crippen LogP contribution in [-0.2, 0) is 6.54 Å². The van der Waals surface area contributed by atoms with Crippen molar-refractivity contribution in [2.24, 2.45) is 0 Å². The van der Waals surface area contributed by atoms with E-state index >= 15 is 0 Å². The Morgan fingerprint density at radius 1 is 1.14 bits per heavy atom. The first-order chi connectivity index (χ1) is 13.8. The fourth-order valence-corrected chi connectivity index (χ4v) is 4.07. The van der Waals surface area contributed by atoms with Gasteiger partial charge in [-0.05, 0) is 31.7 Å². The standard InChI is InChI=1S/C20H24F3N5O/c1-13(27-8-6-26(2)7-9-27)14-4-5-16-15(10-14)17-18(19(29-3)25-12-24-17)28(16)11-20(21,22)23/h4-5,10,12-13H,6-9,11H2,1-3H3. The molecule has 0 saturated carbocycles. The molecule has 0 amide bonds. The molecule has 1 aliphatic heterocycles. The van der Waals surface area contributed by atoms with Crippen LogP contribution in [0.5, 0.6) is 5.88 Å². The Hall–Kier alpha value is -2.39. The molecule has 1 atom stereocenters. The number of alkyl halides is 3. The molecule has 156 valence electrons. The summed E-state index contributed by atoms with van der Waals surface area (Å²) in [5.74, 6) is 0.143. The molecule has 0 radical (unpaired) electrons. The van der Waals surface area contributed by atoms with Crippen LogP contribution in [0.15, 0.2) is 24.5 Å². The van der Waals surface area contributed by atoms with Crippen LogP contribution in [0.1, 0.15) is 18.5 Å². The van der Waals surface area contributed by atoms with Crippen LogP contribution >= 0.6 is 0 Å². The highest BCUT2D eigenvalue weighted by Gasteiger charge is 2.31. The van der Waals surface area contributed by atoms with Gasteiger partial charge >= 0.3 is 6.18 Å². The molecule has 0 bridgehead atoms. The molecule has 4 rings (SSSR count). The summed E-state index contributed by atoms with van der Waals surface area (Å²) in [6.45, 7) is 4.94. The number of benzene rings is 1. The predicted octanol–water partition coefficient (Wildman–Crippen LogP) is 3.46. The third-order valence-corrected chi connectivity index (χ3v) is 5.72. The van der Waals surface area contributed by atoms with Gasteiger partial charge < -0.3 is 14.2 Å². The van der Waals surface area contributed by atoms with Crippen molar-refractivity contribution >= 4 is 21.9 Å². The maximum Gasteiger partial charge on any atom is 0.406 e. The number of hydrogen-bond donors (Lipinski definition) is 0. The zero-order chi connectivity index (χ0) is 20.8. The van der Waals surface area contributed by atoms with Gasteiger partial charge in [-0.15, -0.1) is 0 Å². The van der Waals surface area contributed by atoms with Gasteiger partial charge in [0.25, 0.3) is 0 Å². The Kier molecular flexibility index (Phi) is 5.12. The van der Waals surface area contributed by atoms with Crippen LogP contribution in [0, 0.1) is 0 Å². The van der Waals surface area contributed by atoms with E-state index in [-0.39, 0.29) is 17.4 Å². The van der Waals surface area contributed by atoms with Gasteiger partial charge in [0.05, 0.1) is 12.6 Å². The third kappa shape index (κ3) is 3.76. The van der Waals surface area contributed by atoms with Crippen molar-refractivity contribution in [2.45, 2.75) is 25.7 Å². The lowest BCUT2D eigenvalue weighted by molar-refractivity contribution is -0.139. The lowest BCUT2D eigenvalue weighted by Gasteiger charge is -2.36. The first-order valence-electron chi connectivity index (χ1n) is 9.58. The summed E-state index contributed by atoms with van der Waals surface area (Å²) in [6.07, 6.45) is -3.04. The van der Waals surface area contributed by atoms with Crippen molar-refractivity contribution in [2.75, 3.05) is 40.3 Å². The lowest BCUT2D eigenvalue weighted by Crippen LogP contribution is -2.45. The van der Waals surface area contributed by atoms with Crippen molar-refractivity contribution in [3.05, 3.63) is 30.1 Å². The number of methoxy groups -OCH3 is 1. The summed E-state index contributed by atoms with van der Waals surface area (Å²) in [4.78, 5) is 13.0. The van der Waals surface area contributed by atoms with Crippen LogP contribution in [0.2, 0.25) is 0 Å². The Morgan fingerprint density at radius 3 is 2.52 bits per heavy atom.